The van der Waals surface area contributed by atoms with Crippen LogP contribution in [0.4, 0.5) is 4.39 Å². The molecule has 0 radical (unpaired) electrons. The zero-order valence-electron chi connectivity index (χ0n) is 15.0. The first-order valence-electron chi connectivity index (χ1n) is 8.81. The molecule has 27 heavy (non-hydrogen) atoms. The van der Waals surface area contributed by atoms with Gasteiger partial charge >= 0.3 is 0 Å². The second kappa shape index (κ2) is 7.62. The number of halogens is 1. The van der Waals surface area contributed by atoms with Crippen molar-refractivity contribution in [2.45, 2.75) is 6.54 Å². The monoisotopic (exact) mass is 385 g/mol. The van der Waals surface area contributed by atoms with Crippen LogP contribution in [-0.4, -0.2) is 54.0 Å². The van der Waals surface area contributed by atoms with E-state index in [0.717, 1.165) is 28.9 Å². The molecular formula is C20H20FN3O2S. The van der Waals surface area contributed by atoms with Gasteiger partial charge in [0.05, 0.1) is 22.8 Å². The van der Waals surface area contributed by atoms with Gasteiger partial charge in [0.25, 0.3) is 5.91 Å². The molecule has 0 spiro atoms. The maximum Gasteiger partial charge on any atom is 0.253 e. The second-order valence-electron chi connectivity index (χ2n) is 6.57. The molecular weight excluding hydrogens is 365 g/mol. The SMILES string of the molecule is COc1ccc(CN2CCN(C(=O)c3ccc4ncsc4c3)CC2)cc1F. The van der Waals surface area contributed by atoms with Gasteiger partial charge in [0.2, 0.25) is 0 Å². The number of piperazine rings is 1. The summed E-state index contributed by atoms with van der Waals surface area (Å²) in [6.45, 7) is 3.52. The Labute approximate surface area is 161 Å². The average Bonchev–Trinajstić information content (AvgIpc) is 3.16. The van der Waals surface area contributed by atoms with E-state index in [2.05, 4.69) is 9.88 Å². The van der Waals surface area contributed by atoms with Crippen molar-refractivity contribution < 1.29 is 13.9 Å². The van der Waals surface area contributed by atoms with E-state index >= 15 is 0 Å². The van der Waals surface area contributed by atoms with Gasteiger partial charge in [-0.1, -0.05) is 6.07 Å². The maximum absolute atomic E-state index is 13.8. The molecule has 5 nitrogen and oxygen atoms in total. The fourth-order valence-corrected chi connectivity index (χ4v) is 4.06. The molecule has 3 aromatic rings. The van der Waals surface area contributed by atoms with Crippen LogP contribution in [0.1, 0.15) is 15.9 Å². The van der Waals surface area contributed by atoms with Crippen LogP contribution >= 0.6 is 11.3 Å². The molecule has 4 rings (SSSR count). The van der Waals surface area contributed by atoms with Gasteiger partial charge in [0.1, 0.15) is 0 Å². The molecule has 140 valence electrons. The van der Waals surface area contributed by atoms with Crippen LogP contribution < -0.4 is 4.74 Å². The van der Waals surface area contributed by atoms with Crippen LogP contribution in [0.5, 0.6) is 5.75 Å². The number of rotatable bonds is 4. The van der Waals surface area contributed by atoms with Gasteiger partial charge in [0.15, 0.2) is 11.6 Å². The predicted octanol–water partition coefficient (Wildman–Crippen LogP) is 3.40. The van der Waals surface area contributed by atoms with Crippen molar-refractivity contribution >= 4 is 27.5 Å². The number of aromatic nitrogens is 1. The third-order valence-electron chi connectivity index (χ3n) is 4.86. The maximum atomic E-state index is 13.8. The zero-order chi connectivity index (χ0) is 18.8. The molecule has 1 aliphatic rings. The van der Waals surface area contributed by atoms with E-state index in [9.17, 15) is 9.18 Å². The summed E-state index contributed by atoms with van der Waals surface area (Å²) in [7, 11) is 1.46. The Morgan fingerprint density at radius 1 is 1.19 bits per heavy atom. The summed E-state index contributed by atoms with van der Waals surface area (Å²) in [6.07, 6.45) is 0. The van der Waals surface area contributed by atoms with E-state index in [-0.39, 0.29) is 17.5 Å². The summed E-state index contributed by atoms with van der Waals surface area (Å²) in [5.41, 5.74) is 4.33. The minimum atomic E-state index is -0.345. The fraction of sp³-hybridized carbons (Fsp3) is 0.300. The Morgan fingerprint density at radius 2 is 2.00 bits per heavy atom. The van der Waals surface area contributed by atoms with Gasteiger partial charge in [-0.05, 0) is 35.9 Å². The van der Waals surface area contributed by atoms with Crippen molar-refractivity contribution in [3.63, 3.8) is 0 Å². The summed E-state index contributed by atoms with van der Waals surface area (Å²) in [4.78, 5) is 21.1. The zero-order valence-corrected chi connectivity index (χ0v) is 15.8. The van der Waals surface area contributed by atoms with Gasteiger partial charge < -0.3 is 9.64 Å². The van der Waals surface area contributed by atoms with Gasteiger partial charge in [-0.25, -0.2) is 9.37 Å². The molecule has 0 N–H and O–H groups in total. The van der Waals surface area contributed by atoms with E-state index < -0.39 is 0 Å². The van der Waals surface area contributed by atoms with E-state index in [0.29, 0.717) is 25.2 Å². The normalized spacial score (nSPS) is 15.3. The van der Waals surface area contributed by atoms with E-state index in [1.54, 1.807) is 22.9 Å². The summed E-state index contributed by atoms with van der Waals surface area (Å²) in [5, 5.41) is 0. The highest BCUT2D eigenvalue weighted by molar-refractivity contribution is 7.16. The van der Waals surface area contributed by atoms with Crippen molar-refractivity contribution in [1.82, 2.24) is 14.8 Å². The number of hydrogen-bond acceptors (Lipinski definition) is 5. The molecule has 0 unspecified atom stereocenters. The number of ether oxygens (including phenoxy) is 1. The third kappa shape index (κ3) is 3.79. The highest BCUT2D eigenvalue weighted by atomic mass is 32.1. The van der Waals surface area contributed by atoms with E-state index in [4.69, 9.17) is 4.74 Å². The number of benzene rings is 2. The molecule has 0 aliphatic carbocycles. The summed E-state index contributed by atoms with van der Waals surface area (Å²) < 4.78 is 19.8. The fourth-order valence-electron chi connectivity index (χ4n) is 3.35. The van der Waals surface area contributed by atoms with Crippen LogP contribution in [-0.2, 0) is 6.54 Å². The third-order valence-corrected chi connectivity index (χ3v) is 5.65. The molecule has 1 fully saturated rings. The predicted molar refractivity (Wildman–Crippen MR) is 104 cm³/mol. The number of nitrogens with zero attached hydrogens (tertiary/aromatic N) is 3. The topological polar surface area (TPSA) is 45.7 Å². The minimum Gasteiger partial charge on any atom is -0.494 e. The highest BCUT2D eigenvalue weighted by Gasteiger charge is 2.22. The first kappa shape index (κ1) is 17.9. The molecule has 2 heterocycles. The Balaban J connectivity index is 1.36. The van der Waals surface area contributed by atoms with Gasteiger partial charge in [0, 0.05) is 38.3 Å². The molecule has 0 saturated carbocycles. The Kier molecular flexibility index (Phi) is 5.05. The van der Waals surface area contributed by atoms with Crippen LogP contribution in [0.3, 0.4) is 0 Å². The quantitative estimate of drug-likeness (QED) is 0.691. The number of carbonyl (C=O) groups excluding carboxylic acids is 1. The Morgan fingerprint density at radius 3 is 2.74 bits per heavy atom. The van der Waals surface area contributed by atoms with Crippen molar-refractivity contribution in [2.75, 3.05) is 33.3 Å². The molecule has 1 aromatic heterocycles. The van der Waals surface area contributed by atoms with Gasteiger partial charge in [-0.2, -0.15) is 0 Å². The Hall–Kier alpha value is -2.51. The number of thiazole rings is 1. The van der Waals surface area contributed by atoms with Crippen LogP contribution in [0.2, 0.25) is 0 Å². The average molecular weight is 385 g/mol. The first-order valence-corrected chi connectivity index (χ1v) is 9.69. The summed E-state index contributed by atoms with van der Waals surface area (Å²) in [5.74, 6) is -0.0326. The standard InChI is InChI=1S/C20H20FN3O2S/c1-26-18-5-2-14(10-16(18)21)12-23-6-8-24(9-7-23)20(25)15-3-4-17-19(11-15)27-13-22-17/h2-5,10-11,13H,6-9,12H2,1H3. The number of fused-ring (bicyclic) bond motifs is 1. The number of methoxy groups -OCH3 is 1. The van der Waals surface area contributed by atoms with Crippen molar-refractivity contribution in [3.05, 3.63) is 58.9 Å². The van der Waals surface area contributed by atoms with E-state index in [1.165, 1.54) is 13.2 Å². The summed E-state index contributed by atoms with van der Waals surface area (Å²) in [6, 6.07) is 10.7. The smallest absolute Gasteiger partial charge is 0.253 e. The molecule has 0 bridgehead atoms. The van der Waals surface area contributed by atoms with Crippen molar-refractivity contribution in [1.29, 1.82) is 0 Å². The largest absolute Gasteiger partial charge is 0.494 e. The lowest BCUT2D eigenvalue weighted by molar-refractivity contribution is 0.0628. The lowest BCUT2D eigenvalue weighted by Crippen LogP contribution is -2.48. The highest BCUT2D eigenvalue weighted by Crippen LogP contribution is 2.21. The van der Waals surface area contributed by atoms with Crippen molar-refractivity contribution in [2.24, 2.45) is 0 Å². The van der Waals surface area contributed by atoms with Crippen LogP contribution in [0.15, 0.2) is 41.9 Å². The molecule has 0 atom stereocenters. The van der Waals surface area contributed by atoms with Gasteiger partial charge in [-0.3, -0.25) is 9.69 Å². The van der Waals surface area contributed by atoms with Crippen molar-refractivity contribution in [3.8, 4) is 5.75 Å². The molecule has 1 aliphatic heterocycles. The molecule has 1 saturated heterocycles. The number of amides is 1. The lowest BCUT2D eigenvalue weighted by Gasteiger charge is -2.34. The van der Waals surface area contributed by atoms with Crippen LogP contribution in [0.25, 0.3) is 10.2 Å². The minimum absolute atomic E-state index is 0.0560. The van der Waals surface area contributed by atoms with Crippen LogP contribution in [0, 0.1) is 5.82 Å². The lowest BCUT2D eigenvalue weighted by atomic mass is 10.1. The summed E-state index contributed by atoms with van der Waals surface area (Å²) >= 11 is 1.54. The number of hydrogen-bond donors (Lipinski definition) is 0. The molecule has 2 aromatic carbocycles. The molecule has 1 amide bonds. The second-order valence-corrected chi connectivity index (χ2v) is 7.46. The first-order chi connectivity index (χ1) is 13.1. The Bertz CT molecular complexity index is 967. The number of carbonyl (C=O) groups is 1. The molecule has 7 heteroatoms. The van der Waals surface area contributed by atoms with Gasteiger partial charge in [-0.15, -0.1) is 11.3 Å². The van der Waals surface area contributed by atoms with E-state index in [1.807, 2.05) is 29.2 Å².